The third-order valence-electron chi connectivity index (χ3n) is 2.71. The van der Waals surface area contributed by atoms with Crippen LogP contribution in [0.1, 0.15) is 15.9 Å². The first-order chi connectivity index (χ1) is 8.70. The summed E-state index contributed by atoms with van der Waals surface area (Å²) in [6, 6.07) is 13.2. The second-order valence-corrected chi connectivity index (χ2v) is 4.00. The van der Waals surface area contributed by atoms with E-state index in [4.69, 9.17) is 5.41 Å². The summed E-state index contributed by atoms with van der Waals surface area (Å²) < 4.78 is 1.75. The van der Waals surface area contributed by atoms with Gasteiger partial charge in [0.1, 0.15) is 5.49 Å². The fourth-order valence-electron chi connectivity index (χ4n) is 1.73. The summed E-state index contributed by atoms with van der Waals surface area (Å²) in [4.78, 5) is 11.5. The zero-order chi connectivity index (χ0) is 13.0. The number of hydrogen-bond acceptors (Lipinski definition) is 2. The van der Waals surface area contributed by atoms with E-state index in [0.29, 0.717) is 17.6 Å². The largest absolute Gasteiger partial charge is 0.355 e. The lowest BCUT2D eigenvalue weighted by Crippen LogP contribution is -2.24. The molecule has 0 spiro atoms. The van der Waals surface area contributed by atoms with E-state index in [1.54, 1.807) is 29.9 Å². The molecule has 2 aromatic rings. The zero-order valence-electron chi connectivity index (χ0n) is 10.2. The first kappa shape index (κ1) is 12.1. The highest BCUT2D eigenvalue weighted by atomic mass is 16.1. The second kappa shape index (κ2) is 5.31. The highest BCUT2D eigenvalue weighted by Gasteiger charge is 2.04. The van der Waals surface area contributed by atoms with Crippen LogP contribution in [0.4, 0.5) is 0 Å². The minimum atomic E-state index is -0.142. The minimum absolute atomic E-state index is 0.142. The lowest BCUT2D eigenvalue weighted by Gasteiger charge is -2.09. The standard InChI is InChI=1S/C14H15N3O/c1-16-14(18)12-7-8-13(15)17(10-12)9-11-5-3-2-4-6-11/h2-8,10,15H,9H2,1H3,(H,16,18). The molecule has 4 heteroatoms. The number of carbonyl (C=O) groups is 1. The highest BCUT2D eigenvalue weighted by molar-refractivity contribution is 5.93. The Labute approximate surface area is 105 Å². The molecule has 0 unspecified atom stereocenters. The normalized spacial score (nSPS) is 10.1. The van der Waals surface area contributed by atoms with Crippen LogP contribution in [0.2, 0.25) is 0 Å². The number of rotatable bonds is 3. The summed E-state index contributed by atoms with van der Waals surface area (Å²) in [5.74, 6) is -0.142. The molecular formula is C14H15N3O. The Morgan fingerprint density at radius 2 is 1.94 bits per heavy atom. The molecule has 0 saturated heterocycles. The Balaban J connectivity index is 2.33. The van der Waals surface area contributed by atoms with Gasteiger partial charge in [-0.3, -0.25) is 10.2 Å². The molecule has 2 rings (SSSR count). The lowest BCUT2D eigenvalue weighted by atomic mass is 10.2. The lowest BCUT2D eigenvalue weighted by molar-refractivity contribution is 0.0962. The molecule has 1 aromatic heterocycles. The quantitative estimate of drug-likeness (QED) is 0.838. The van der Waals surface area contributed by atoms with Gasteiger partial charge in [0.05, 0.1) is 5.56 Å². The van der Waals surface area contributed by atoms with Gasteiger partial charge in [0, 0.05) is 19.8 Å². The van der Waals surface area contributed by atoms with Crippen molar-refractivity contribution in [2.45, 2.75) is 6.54 Å². The molecule has 4 nitrogen and oxygen atoms in total. The highest BCUT2D eigenvalue weighted by Crippen LogP contribution is 2.02. The molecule has 0 aliphatic carbocycles. The van der Waals surface area contributed by atoms with Crippen molar-refractivity contribution in [3.05, 3.63) is 65.3 Å². The van der Waals surface area contributed by atoms with Crippen LogP contribution in [0.15, 0.2) is 48.7 Å². The van der Waals surface area contributed by atoms with Crippen LogP contribution in [0.5, 0.6) is 0 Å². The van der Waals surface area contributed by atoms with E-state index >= 15 is 0 Å². The van der Waals surface area contributed by atoms with Crippen molar-refractivity contribution in [1.29, 1.82) is 5.41 Å². The number of carbonyl (C=O) groups excluding carboxylic acids is 1. The summed E-state index contributed by atoms with van der Waals surface area (Å²) in [6.45, 7) is 0.588. The number of nitrogens with zero attached hydrogens (tertiary/aromatic N) is 1. The maximum atomic E-state index is 11.5. The summed E-state index contributed by atoms with van der Waals surface area (Å²) >= 11 is 0. The third kappa shape index (κ3) is 2.66. The monoisotopic (exact) mass is 241 g/mol. The van der Waals surface area contributed by atoms with Crippen molar-refractivity contribution in [2.24, 2.45) is 0 Å². The van der Waals surface area contributed by atoms with Crippen molar-refractivity contribution in [3.8, 4) is 0 Å². The van der Waals surface area contributed by atoms with Crippen LogP contribution >= 0.6 is 0 Å². The third-order valence-corrected chi connectivity index (χ3v) is 2.71. The van der Waals surface area contributed by atoms with Gasteiger partial charge < -0.3 is 9.88 Å². The van der Waals surface area contributed by atoms with Gasteiger partial charge in [-0.2, -0.15) is 0 Å². The van der Waals surface area contributed by atoms with Gasteiger partial charge >= 0.3 is 0 Å². The van der Waals surface area contributed by atoms with Crippen molar-refractivity contribution in [1.82, 2.24) is 9.88 Å². The van der Waals surface area contributed by atoms with Crippen LogP contribution < -0.4 is 10.8 Å². The summed E-state index contributed by atoms with van der Waals surface area (Å²) in [5, 5.41) is 10.4. The Bertz CT molecular complexity index is 602. The summed E-state index contributed by atoms with van der Waals surface area (Å²) in [5.41, 5.74) is 2.04. The van der Waals surface area contributed by atoms with Crippen molar-refractivity contribution >= 4 is 5.91 Å². The van der Waals surface area contributed by atoms with Crippen LogP contribution in [0.25, 0.3) is 0 Å². The van der Waals surface area contributed by atoms with E-state index in [2.05, 4.69) is 5.32 Å². The Morgan fingerprint density at radius 1 is 1.22 bits per heavy atom. The topological polar surface area (TPSA) is 57.9 Å². The van der Waals surface area contributed by atoms with E-state index in [1.807, 2.05) is 30.3 Å². The number of nitrogens with one attached hydrogen (secondary N) is 2. The molecular weight excluding hydrogens is 226 g/mol. The first-order valence-electron chi connectivity index (χ1n) is 5.72. The number of amides is 1. The van der Waals surface area contributed by atoms with E-state index < -0.39 is 0 Å². The summed E-state index contributed by atoms with van der Waals surface area (Å²) in [7, 11) is 1.60. The molecule has 2 N–H and O–H groups in total. The van der Waals surface area contributed by atoms with Crippen LogP contribution in [-0.4, -0.2) is 17.5 Å². The number of pyridine rings is 1. The van der Waals surface area contributed by atoms with Crippen LogP contribution in [0, 0.1) is 5.41 Å². The molecule has 0 aliphatic heterocycles. The first-order valence-corrected chi connectivity index (χ1v) is 5.72. The molecule has 1 heterocycles. The number of benzene rings is 1. The SMILES string of the molecule is CNC(=O)c1ccc(=N)n(Cc2ccccc2)c1. The number of hydrogen-bond donors (Lipinski definition) is 2. The average molecular weight is 241 g/mol. The Kier molecular flexibility index (Phi) is 3.57. The van der Waals surface area contributed by atoms with E-state index in [0.717, 1.165) is 5.56 Å². The van der Waals surface area contributed by atoms with Crippen molar-refractivity contribution in [2.75, 3.05) is 7.05 Å². The fraction of sp³-hybridized carbons (Fsp3) is 0.143. The minimum Gasteiger partial charge on any atom is -0.355 e. The Morgan fingerprint density at radius 3 is 2.61 bits per heavy atom. The Hall–Kier alpha value is -2.36. The average Bonchev–Trinajstić information content (AvgIpc) is 2.41. The van der Waals surface area contributed by atoms with E-state index in [9.17, 15) is 4.79 Å². The summed E-state index contributed by atoms with van der Waals surface area (Å²) in [6.07, 6.45) is 1.70. The molecule has 18 heavy (non-hydrogen) atoms. The van der Waals surface area contributed by atoms with Crippen molar-refractivity contribution < 1.29 is 4.79 Å². The van der Waals surface area contributed by atoms with Gasteiger partial charge in [-0.25, -0.2) is 0 Å². The molecule has 0 saturated carbocycles. The maximum absolute atomic E-state index is 11.5. The molecule has 0 radical (unpaired) electrons. The van der Waals surface area contributed by atoms with Gasteiger partial charge in [0.2, 0.25) is 0 Å². The molecule has 92 valence electrons. The second-order valence-electron chi connectivity index (χ2n) is 4.00. The van der Waals surface area contributed by atoms with E-state index in [1.165, 1.54) is 0 Å². The predicted molar refractivity (Wildman–Crippen MR) is 69.2 cm³/mol. The predicted octanol–water partition coefficient (Wildman–Crippen LogP) is 1.38. The van der Waals surface area contributed by atoms with Crippen molar-refractivity contribution in [3.63, 3.8) is 0 Å². The van der Waals surface area contributed by atoms with Crippen LogP contribution in [-0.2, 0) is 6.54 Å². The maximum Gasteiger partial charge on any atom is 0.252 e. The molecule has 0 bridgehead atoms. The fourth-order valence-corrected chi connectivity index (χ4v) is 1.73. The van der Waals surface area contributed by atoms with Gasteiger partial charge in [0.15, 0.2) is 0 Å². The van der Waals surface area contributed by atoms with Gasteiger partial charge in [0.25, 0.3) is 5.91 Å². The molecule has 0 aliphatic rings. The van der Waals surface area contributed by atoms with E-state index in [-0.39, 0.29) is 5.91 Å². The smallest absolute Gasteiger partial charge is 0.252 e. The van der Waals surface area contributed by atoms with Crippen LogP contribution in [0.3, 0.4) is 0 Å². The van der Waals surface area contributed by atoms with Gasteiger partial charge in [-0.05, 0) is 17.7 Å². The number of aromatic nitrogens is 1. The molecule has 1 aromatic carbocycles. The zero-order valence-corrected chi connectivity index (χ0v) is 10.2. The van der Waals surface area contributed by atoms with Gasteiger partial charge in [-0.1, -0.05) is 30.3 Å². The van der Waals surface area contributed by atoms with Gasteiger partial charge in [-0.15, -0.1) is 0 Å². The molecule has 1 amide bonds. The molecule has 0 fully saturated rings. The molecule has 0 atom stereocenters.